The Balaban J connectivity index is 1.54. The van der Waals surface area contributed by atoms with E-state index in [0.717, 1.165) is 16.9 Å². The zero-order valence-corrected chi connectivity index (χ0v) is 19.8. The largest absolute Gasteiger partial charge is 0.462 e. The lowest BCUT2D eigenvalue weighted by atomic mass is 9.96. The molecule has 8 nitrogen and oxygen atoms in total. The van der Waals surface area contributed by atoms with Crippen LogP contribution in [-0.2, 0) is 19.6 Å². The number of nitrogens with zero attached hydrogens (tertiary/aromatic N) is 2. The van der Waals surface area contributed by atoms with Gasteiger partial charge in [0.25, 0.3) is 10.0 Å². The molecule has 1 aromatic heterocycles. The lowest BCUT2D eigenvalue weighted by molar-refractivity contribution is -0.121. The Morgan fingerprint density at radius 1 is 1.28 bits per heavy atom. The molecule has 1 amide bonds. The van der Waals surface area contributed by atoms with E-state index < -0.39 is 16.0 Å². The lowest BCUT2D eigenvalue weighted by Gasteiger charge is -2.33. The highest BCUT2D eigenvalue weighted by molar-refractivity contribution is 7.90. The van der Waals surface area contributed by atoms with E-state index >= 15 is 0 Å². The number of carbonyl (C=O) groups excluding carboxylic acids is 2. The number of piperidine rings is 1. The van der Waals surface area contributed by atoms with Crippen molar-refractivity contribution in [2.75, 3.05) is 25.0 Å². The van der Waals surface area contributed by atoms with Crippen LogP contribution < -0.4 is 5.32 Å². The second-order valence-electron chi connectivity index (χ2n) is 7.87. The predicted octanol–water partition coefficient (Wildman–Crippen LogP) is 3.34. The molecular formula is C22H25N3O5S2. The van der Waals surface area contributed by atoms with Gasteiger partial charge in [-0.15, -0.1) is 15.7 Å². The smallest absolute Gasteiger partial charge is 0.341 e. The highest BCUT2D eigenvalue weighted by Gasteiger charge is 2.35. The Bertz CT molecular complexity index is 1220. The number of benzene rings is 1. The Labute approximate surface area is 191 Å². The molecule has 0 aliphatic carbocycles. The Hall–Kier alpha value is -2.72. The van der Waals surface area contributed by atoms with Crippen LogP contribution in [-0.4, -0.2) is 50.7 Å². The van der Waals surface area contributed by atoms with E-state index in [4.69, 9.17) is 4.74 Å². The van der Waals surface area contributed by atoms with Crippen molar-refractivity contribution in [1.29, 1.82) is 0 Å². The first-order valence-corrected chi connectivity index (χ1v) is 12.8. The van der Waals surface area contributed by atoms with Gasteiger partial charge in [0.2, 0.25) is 5.91 Å². The fraction of sp³-hybridized carbons (Fsp3) is 0.409. The molecule has 1 unspecified atom stereocenters. The SMILES string of the molecule is CCOC(=O)c1c(NC(=O)C2CCCN(C3=NS(=O)(=O)c4ccccc43)C2)sc(C)c1C. The van der Waals surface area contributed by atoms with Gasteiger partial charge in [-0.25, -0.2) is 4.79 Å². The fourth-order valence-corrected chi connectivity index (χ4v) is 6.36. The van der Waals surface area contributed by atoms with Crippen LogP contribution in [0.15, 0.2) is 33.6 Å². The molecular weight excluding hydrogens is 450 g/mol. The van der Waals surface area contributed by atoms with Crippen molar-refractivity contribution < 1.29 is 22.7 Å². The number of ether oxygens (including phenoxy) is 1. The maximum Gasteiger partial charge on any atom is 0.341 e. The molecule has 170 valence electrons. The number of aryl methyl sites for hydroxylation is 1. The van der Waals surface area contributed by atoms with Crippen molar-refractivity contribution in [1.82, 2.24) is 4.90 Å². The first-order valence-electron chi connectivity index (χ1n) is 10.5. The average molecular weight is 476 g/mol. The number of esters is 1. The van der Waals surface area contributed by atoms with Crippen molar-refractivity contribution in [3.05, 3.63) is 45.8 Å². The van der Waals surface area contributed by atoms with E-state index in [9.17, 15) is 18.0 Å². The average Bonchev–Trinajstić information content (AvgIpc) is 3.21. The van der Waals surface area contributed by atoms with E-state index in [0.29, 0.717) is 41.5 Å². The van der Waals surface area contributed by atoms with E-state index in [1.165, 1.54) is 11.3 Å². The molecule has 2 aromatic rings. The van der Waals surface area contributed by atoms with E-state index in [-0.39, 0.29) is 23.3 Å². The molecule has 2 aliphatic rings. The minimum absolute atomic E-state index is 0.198. The van der Waals surface area contributed by atoms with Gasteiger partial charge in [-0.05, 0) is 51.3 Å². The number of amides is 1. The van der Waals surface area contributed by atoms with E-state index in [1.807, 2.05) is 18.7 Å². The number of likely N-dealkylation sites (tertiary alicyclic amines) is 1. The van der Waals surface area contributed by atoms with Crippen LogP contribution in [0.3, 0.4) is 0 Å². The molecule has 0 spiro atoms. The van der Waals surface area contributed by atoms with Gasteiger partial charge < -0.3 is 15.0 Å². The predicted molar refractivity (Wildman–Crippen MR) is 123 cm³/mol. The Morgan fingerprint density at radius 3 is 2.78 bits per heavy atom. The van der Waals surface area contributed by atoms with Crippen LogP contribution in [0.1, 0.15) is 46.1 Å². The lowest BCUT2D eigenvalue weighted by Crippen LogP contribution is -2.43. The van der Waals surface area contributed by atoms with Crippen LogP contribution in [0.5, 0.6) is 0 Å². The third kappa shape index (κ3) is 4.04. The van der Waals surface area contributed by atoms with Gasteiger partial charge in [-0.3, -0.25) is 4.79 Å². The fourth-order valence-electron chi connectivity index (χ4n) is 4.08. The summed E-state index contributed by atoms with van der Waals surface area (Å²) in [5.74, 6) is -0.610. The van der Waals surface area contributed by atoms with E-state index in [2.05, 4.69) is 9.71 Å². The number of thiophene rings is 1. The summed E-state index contributed by atoms with van der Waals surface area (Å²) in [7, 11) is -3.72. The molecule has 0 radical (unpaired) electrons. The Morgan fingerprint density at radius 2 is 2.03 bits per heavy atom. The van der Waals surface area contributed by atoms with Crippen molar-refractivity contribution in [2.45, 2.75) is 38.5 Å². The third-order valence-electron chi connectivity index (χ3n) is 5.81. The van der Waals surface area contributed by atoms with Gasteiger partial charge in [0, 0.05) is 23.5 Å². The molecule has 2 aliphatic heterocycles. The number of sulfonamides is 1. The van der Waals surface area contributed by atoms with Gasteiger partial charge in [-0.1, -0.05) is 12.1 Å². The summed E-state index contributed by atoms with van der Waals surface area (Å²) in [6.45, 7) is 6.71. The molecule has 1 atom stereocenters. The number of hydrogen-bond acceptors (Lipinski definition) is 7. The standard InChI is InChI=1S/C22H25N3O5S2/c1-4-30-22(27)18-13(2)14(3)31-21(18)23-20(26)15-8-7-11-25(12-15)19-16-9-5-6-10-17(16)32(28,29)24-19/h5-6,9-10,15H,4,7-8,11-12H2,1-3H3,(H,23,26). The topological polar surface area (TPSA) is 105 Å². The molecule has 4 rings (SSSR count). The third-order valence-corrected chi connectivity index (χ3v) is 8.25. The number of rotatable bonds is 4. The monoisotopic (exact) mass is 475 g/mol. The first-order chi connectivity index (χ1) is 15.2. The molecule has 1 aromatic carbocycles. The summed E-state index contributed by atoms with van der Waals surface area (Å²) < 4.78 is 34.0. The first kappa shape index (κ1) is 22.5. The zero-order valence-electron chi connectivity index (χ0n) is 18.2. The second-order valence-corrected chi connectivity index (χ2v) is 10.7. The maximum absolute atomic E-state index is 13.1. The Kier molecular flexibility index (Phi) is 6.09. The molecule has 0 bridgehead atoms. The molecule has 10 heteroatoms. The number of hydrogen-bond donors (Lipinski definition) is 1. The van der Waals surface area contributed by atoms with Crippen LogP contribution >= 0.6 is 11.3 Å². The second kappa shape index (κ2) is 8.67. The van der Waals surface area contributed by atoms with Crippen LogP contribution in [0, 0.1) is 19.8 Å². The van der Waals surface area contributed by atoms with Gasteiger partial charge in [-0.2, -0.15) is 8.42 Å². The quantitative estimate of drug-likeness (QED) is 0.680. The molecule has 1 saturated heterocycles. The molecule has 0 saturated carbocycles. The summed E-state index contributed by atoms with van der Waals surface area (Å²) >= 11 is 1.35. The number of carbonyl (C=O) groups is 2. The van der Waals surface area contributed by atoms with Crippen molar-refractivity contribution in [2.24, 2.45) is 10.3 Å². The summed E-state index contributed by atoms with van der Waals surface area (Å²) in [6.07, 6.45) is 1.40. The van der Waals surface area contributed by atoms with Crippen LogP contribution in [0.25, 0.3) is 0 Å². The summed E-state index contributed by atoms with van der Waals surface area (Å²) in [6, 6.07) is 6.74. The summed E-state index contributed by atoms with van der Waals surface area (Å²) in [4.78, 5) is 28.5. The summed E-state index contributed by atoms with van der Waals surface area (Å²) in [5.41, 5.74) is 1.77. The summed E-state index contributed by atoms with van der Waals surface area (Å²) in [5, 5.41) is 3.41. The number of fused-ring (bicyclic) bond motifs is 1. The highest BCUT2D eigenvalue weighted by atomic mass is 32.2. The molecule has 1 fully saturated rings. The normalized spacial score (nSPS) is 19.3. The maximum atomic E-state index is 13.1. The van der Waals surface area contributed by atoms with E-state index in [1.54, 1.807) is 31.2 Å². The van der Waals surface area contributed by atoms with Gasteiger partial charge in [0.05, 0.1) is 18.1 Å². The zero-order chi connectivity index (χ0) is 23.0. The van der Waals surface area contributed by atoms with Gasteiger partial charge in [0.15, 0.2) is 5.84 Å². The number of amidine groups is 1. The van der Waals surface area contributed by atoms with Gasteiger partial charge >= 0.3 is 5.97 Å². The molecule has 32 heavy (non-hydrogen) atoms. The highest BCUT2D eigenvalue weighted by Crippen LogP contribution is 2.34. The minimum atomic E-state index is -3.72. The van der Waals surface area contributed by atoms with Crippen molar-refractivity contribution in [3.8, 4) is 0 Å². The number of nitrogens with one attached hydrogen (secondary N) is 1. The van der Waals surface area contributed by atoms with Crippen LogP contribution in [0.4, 0.5) is 5.00 Å². The molecule has 1 N–H and O–H groups in total. The molecule has 3 heterocycles. The van der Waals surface area contributed by atoms with Crippen LogP contribution in [0.2, 0.25) is 0 Å². The van der Waals surface area contributed by atoms with Crippen molar-refractivity contribution >= 4 is 44.1 Å². The minimum Gasteiger partial charge on any atom is -0.462 e. The number of anilines is 1. The van der Waals surface area contributed by atoms with Gasteiger partial charge in [0.1, 0.15) is 9.90 Å². The van der Waals surface area contributed by atoms with Crippen molar-refractivity contribution in [3.63, 3.8) is 0 Å².